The number of nitrogens with zero attached hydrogens (tertiary/aromatic N) is 5. The summed E-state index contributed by atoms with van der Waals surface area (Å²) in [4.78, 5) is 23.2. The quantitative estimate of drug-likeness (QED) is 0.715. The van der Waals surface area contributed by atoms with E-state index in [0.29, 0.717) is 18.9 Å². The Morgan fingerprint density at radius 1 is 1.28 bits per heavy atom. The summed E-state index contributed by atoms with van der Waals surface area (Å²) < 4.78 is 6.85. The first-order valence-electron chi connectivity index (χ1n) is 8.28. The summed E-state index contributed by atoms with van der Waals surface area (Å²) in [5, 5.41) is 4.29. The van der Waals surface area contributed by atoms with Crippen molar-refractivity contribution in [3.05, 3.63) is 53.1 Å². The van der Waals surface area contributed by atoms with Crippen molar-refractivity contribution < 1.29 is 9.53 Å². The van der Waals surface area contributed by atoms with E-state index in [9.17, 15) is 4.79 Å². The minimum Gasteiger partial charge on any atom is -0.497 e. The molecule has 0 fully saturated rings. The van der Waals surface area contributed by atoms with Crippen LogP contribution in [0.15, 0.2) is 30.6 Å². The summed E-state index contributed by atoms with van der Waals surface area (Å²) in [6.45, 7) is 3.16. The summed E-state index contributed by atoms with van der Waals surface area (Å²) in [6.07, 6.45) is 5.36. The molecule has 25 heavy (non-hydrogen) atoms. The Bertz CT molecular complexity index is 950. The van der Waals surface area contributed by atoms with Crippen LogP contribution in [0, 0.1) is 6.92 Å². The minimum absolute atomic E-state index is 0.160. The summed E-state index contributed by atoms with van der Waals surface area (Å²) in [6, 6.07) is 6.02. The molecular formula is C18H19N5O2. The van der Waals surface area contributed by atoms with Gasteiger partial charge in [-0.05, 0) is 48.6 Å². The van der Waals surface area contributed by atoms with Crippen LogP contribution in [0.4, 0.5) is 0 Å². The number of ether oxygens (including phenoxy) is 1. The molecule has 7 heteroatoms. The van der Waals surface area contributed by atoms with Gasteiger partial charge < -0.3 is 9.64 Å². The van der Waals surface area contributed by atoms with Gasteiger partial charge in [-0.15, -0.1) is 5.10 Å². The predicted octanol–water partition coefficient (Wildman–Crippen LogP) is 2.03. The van der Waals surface area contributed by atoms with E-state index in [4.69, 9.17) is 4.74 Å². The second kappa shape index (κ2) is 6.16. The van der Waals surface area contributed by atoms with Gasteiger partial charge in [-0.2, -0.15) is 4.98 Å². The molecule has 0 radical (unpaired) electrons. The van der Waals surface area contributed by atoms with Crippen molar-refractivity contribution >= 4 is 11.7 Å². The summed E-state index contributed by atoms with van der Waals surface area (Å²) >= 11 is 0. The summed E-state index contributed by atoms with van der Waals surface area (Å²) in [7, 11) is 1.67. The number of amides is 1. The normalized spacial score (nSPS) is 14.2. The fourth-order valence-electron chi connectivity index (χ4n) is 3.14. The van der Waals surface area contributed by atoms with E-state index >= 15 is 0 Å². The van der Waals surface area contributed by atoms with Crippen molar-refractivity contribution in [1.29, 1.82) is 0 Å². The number of methoxy groups -OCH3 is 1. The fraction of sp³-hybridized carbons (Fsp3) is 0.333. The van der Waals surface area contributed by atoms with E-state index in [1.807, 2.05) is 25.3 Å². The van der Waals surface area contributed by atoms with E-state index < -0.39 is 0 Å². The van der Waals surface area contributed by atoms with Crippen molar-refractivity contribution in [2.45, 2.75) is 26.3 Å². The molecule has 0 saturated heterocycles. The van der Waals surface area contributed by atoms with Gasteiger partial charge in [0.25, 0.3) is 11.7 Å². The molecule has 2 aromatic heterocycles. The number of rotatable bonds is 2. The van der Waals surface area contributed by atoms with Gasteiger partial charge in [0.15, 0.2) is 0 Å². The molecule has 0 atom stereocenters. The van der Waals surface area contributed by atoms with Crippen LogP contribution in [0.5, 0.6) is 5.75 Å². The highest BCUT2D eigenvalue weighted by Gasteiger charge is 2.24. The van der Waals surface area contributed by atoms with Crippen molar-refractivity contribution in [3.63, 3.8) is 0 Å². The Hall–Kier alpha value is -2.96. The topological polar surface area (TPSA) is 72.6 Å². The van der Waals surface area contributed by atoms with Crippen LogP contribution in [0.1, 0.15) is 33.7 Å². The first-order chi connectivity index (χ1) is 12.1. The highest BCUT2D eigenvalue weighted by atomic mass is 16.5. The van der Waals surface area contributed by atoms with Crippen LogP contribution < -0.4 is 4.74 Å². The Morgan fingerprint density at radius 3 is 3.00 bits per heavy atom. The number of aryl methyl sites for hydroxylation is 2. The summed E-state index contributed by atoms with van der Waals surface area (Å²) in [5.41, 5.74) is 3.34. The van der Waals surface area contributed by atoms with Gasteiger partial charge in [0.05, 0.1) is 7.11 Å². The Labute approximate surface area is 145 Å². The molecule has 0 N–H and O–H groups in total. The molecule has 0 unspecified atom stereocenters. The first kappa shape index (κ1) is 15.6. The molecule has 7 nitrogen and oxygen atoms in total. The van der Waals surface area contributed by atoms with E-state index in [2.05, 4.69) is 21.1 Å². The lowest BCUT2D eigenvalue weighted by Crippen LogP contribution is -2.31. The Balaban J connectivity index is 1.62. The van der Waals surface area contributed by atoms with Gasteiger partial charge in [-0.3, -0.25) is 4.79 Å². The van der Waals surface area contributed by atoms with Crippen LogP contribution in [0.2, 0.25) is 0 Å². The highest BCUT2D eigenvalue weighted by Crippen LogP contribution is 2.24. The maximum absolute atomic E-state index is 12.9. The second-order valence-electron chi connectivity index (χ2n) is 6.28. The van der Waals surface area contributed by atoms with E-state index in [0.717, 1.165) is 29.7 Å². The zero-order chi connectivity index (χ0) is 17.4. The number of carbonyl (C=O) groups excluding carboxylic acids is 1. The third-order valence-corrected chi connectivity index (χ3v) is 4.45. The number of hydrogen-bond acceptors (Lipinski definition) is 5. The maximum atomic E-state index is 12.9. The maximum Gasteiger partial charge on any atom is 0.293 e. The minimum atomic E-state index is -0.160. The molecule has 0 spiro atoms. The zero-order valence-corrected chi connectivity index (χ0v) is 14.3. The SMILES string of the molecule is COc1ccc2c(c1)CCCN(C(=O)c1nc3ncc(C)cn3n1)C2. The van der Waals surface area contributed by atoms with Gasteiger partial charge in [0.1, 0.15) is 5.75 Å². The third kappa shape index (κ3) is 2.93. The molecule has 3 aromatic rings. The standard InChI is InChI=1S/C18H19N5O2/c1-12-9-19-18-20-16(21-23(18)10-12)17(24)22-7-3-4-13-8-15(25-2)6-5-14(13)11-22/h5-6,8-10H,3-4,7,11H2,1-2H3. The van der Waals surface area contributed by atoms with Crippen LogP contribution in [-0.4, -0.2) is 44.0 Å². The highest BCUT2D eigenvalue weighted by molar-refractivity contribution is 5.90. The number of hydrogen-bond donors (Lipinski definition) is 0. The van der Waals surface area contributed by atoms with E-state index in [1.54, 1.807) is 22.7 Å². The zero-order valence-electron chi connectivity index (χ0n) is 14.3. The van der Waals surface area contributed by atoms with Gasteiger partial charge >= 0.3 is 0 Å². The molecule has 0 bridgehead atoms. The Kier molecular flexibility index (Phi) is 3.83. The predicted molar refractivity (Wildman–Crippen MR) is 91.6 cm³/mol. The lowest BCUT2D eigenvalue weighted by Gasteiger charge is -2.19. The average molecular weight is 337 g/mol. The van der Waals surface area contributed by atoms with Crippen LogP contribution >= 0.6 is 0 Å². The smallest absolute Gasteiger partial charge is 0.293 e. The molecule has 1 aliphatic heterocycles. The monoisotopic (exact) mass is 337 g/mol. The number of benzene rings is 1. The average Bonchev–Trinajstić information content (AvgIpc) is 2.92. The van der Waals surface area contributed by atoms with Gasteiger partial charge in [-0.25, -0.2) is 9.50 Å². The Morgan fingerprint density at radius 2 is 2.16 bits per heavy atom. The second-order valence-corrected chi connectivity index (χ2v) is 6.28. The molecule has 1 aromatic carbocycles. The fourth-order valence-corrected chi connectivity index (χ4v) is 3.14. The number of aromatic nitrogens is 4. The molecule has 128 valence electrons. The summed E-state index contributed by atoms with van der Waals surface area (Å²) in [5.74, 6) is 1.32. The molecule has 4 rings (SSSR count). The van der Waals surface area contributed by atoms with Gasteiger partial charge in [-0.1, -0.05) is 6.07 Å². The van der Waals surface area contributed by atoms with Crippen LogP contribution in [-0.2, 0) is 13.0 Å². The first-order valence-corrected chi connectivity index (χ1v) is 8.28. The van der Waals surface area contributed by atoms with Crippen molar-refractivity contribution in [2.75, 3.05) is 13.7 Å². The molecule has 3 heterocycles. The van der Waals surface area contributed by atoms with Gasteiger partial charge in [0, 0.05) is 25.5 Å². The van der Waals surface area contributed by atoms with Crippen molar-refractivity contribution in [2.24, 2.45) is 0 Å². The number of fused-ring (bicyclic) bond motifs is 2. The van der Waals surface area contributed by atoms with E-state index in [1.165, 1.54) is 5.56 Å². The lowest BCUT2D eigenvalue weighted by atomic mass is 10.0. The molecular weight excluding hydrogens is 318 g/mol. The van der Waals surface area contributed by atoms with E-state index in [-0.39, 0.29) is 11.7 Å². The molecule has 0 saturated carbocycles. The van der Waals surface area contributed by atoms with Crippen molar-refractivity contribution in [3.8, 4) is 5.75 Å². The lowest BCUT2D eigenvalue weighted by molar-refractivity contribution is 0.0734. The largest absolute Gasteiger partial charge is 0.497 e. The van der Waals surface area contributed by atoms with Crippen LogP contribution in [0.3, 0.4) is 0 Å². The van der Waals surface area contributed by atoms with Crippen LogP contribution in [0.25, 0.3) is 5.78 Å². The molecule has 1 aliphatic rings. The number of carbonyl (C=O) groups is 1. The molecule has 0 aliphatic carbocycles. The van der Waals surface area contributed by atoms with Gasteiger partial charge in [0.2, 0.25) is 5.82 Å². The third-order valence-electron chi connectivity index (χ3n) is 4.45. The molecule has 1 amide bonds. The van der Waals surface area contributed by atoms with Crippen molar-refractivity contribution in [1.82, 2.24) is 24.5 Å².